The van der Waals surface area contributed by atoms with Gasteiger partial charge in [0.05, 0.1) is 10.6 Å². The smallest absolute Gasteiger partial charge is 0.243 e. The van der Waals surface area contributed by atoms with E-state index < -0.39 is 10.0 Å². The van der Waals surface area contributed by atoms with E-state index in [0.717, 1.165) is 24.2 Å². The average Bonchev–Trinajstić information content (AvgIpc) is 3.07. The Kier molecular flexibility index (Phi) is 5.52. The molecular weight excluding hydrogens is 388 g/mol. The quantitative estimate of drug-likeness (QED) is 0.708. The molecule has 152 valence electrons. The van der Waals surface area contributed by atoms with Crippen molar-refractivity contribution in [3.8, 4) is 0 Å². The van der Waals surface area contributed by atoms with E-state index in [1.807, 2.05) is 18.2 Å². The lowest BCUT2D eigenvalue weighted by atomic mass is 9.91. The molecule has 0 bridgehead atoms. The number of piperidine rings is 1. The Bertz CT molecular complexity index is 979. The van der Waals surface area contributed by atoms with Crippen molar-refractivity contribution in [3.63, 3.8) is 0 Å². The highest BCUT2D eigenvalue weighted by atomic mass is 32.2. The van der Waals surface area contributed by atoms with Gasteiger partial charge < -0.3 is 0 Å². The van der Waals surface area contributed by atoms with Crippen LogP contribution in [0.15, 0.2) is 59.5 Å². The van der Waals surface area contributed by atoms with Crippen LogP contribution in [-0.4, -0.2) is 37.6 Å². The van der Waals surface area contributed by atoms with Gasteiger partial charge >= 0.3 is 0 Å². The molecular formula is C22H24N2O4S. The van der Waals surface area contributed by atoms with E-state index in [1.165, 1.54) is 34.1 Å². The van der Waals surface area contributed by atoms with Crippen LogP contribution in [0.5, 0.6) is 0 Å². The molecule has 0 aromatic heterocycles. The fourth-order valence-corrected chi connectivity index (χ4v) is 5.55. The van der Waals surface area contributed by atoms with E-state index in [2.05, 4.69) is 12.1 Å². The summed E-state index contributed by atoms with van der Waals surface area (Å²) in [5, 5.41) is 0. The summed E-state index contributed by atoms with van der Waals surface area (Å²) in [4.78, 5) is 25.0. The minimum Gasteiger partial charge on any atom is -0.274 e. The normalized spacial score (nSPS) is 19.1. The lowest BCUT2D eigenvalue weighted by Crippen LogP contribution is -2.38. The molecule has 2 fully saturated rings. The summed E-state index contributed by atoms with van der Waals surface area (Å²) in [5.74, 6) is -0.00407. The second kappa shape index (κ2) is 8.08. The number of benzene rings is 2. The molecule has 7 heteroatoms. The first-order chi connectivity index (χ1) is 13.9. The van der Waals surface area contributed by atoms with Crippen LogP contribution in [0.1, 0.15) is 31.2 Å². The SMILES string of the molecule is O=C1CCC(=O)N1c1ccc(S(=O)(=O)N2CCC(Cc3ccccc3)CC2)cc1. The van der Waals surface area contributed by atoms with Crippen molar-refractivity contribution >= 4 is 27.5 Å². The summed E-state index contributed by atoms with van der Waals surface area (Å²) in [6.45, 7) is 1.01. The van der Waals surface area contributed by atoms with Crippen molar-refractivity contribution in [2.24, 2.45) is 5.92 Å². The van der Waals surface area contributed by atoms with Crippen LogP contribution in [0, 0.1) is 5.92 Å². The third kappa shape index (κ3) is 4.11. The van der Waals surface area contributed by atoms with E-state index in [1.54, 1.807) is 0 Å². The van der Waals surface area contributed by atoms with Gasteiger partial charge in [-0.3, -0.25) is 14.5 Å². The predicted octanol–water partition coefficient (Wildman–Crippen LogP) is 2.98. The second-order valence-electron chi connectivity index (χ2n) is 7.65. The lowest BCUT2D eigenvalue weighted by molar-refractivity contribution is -0.121. The summed E-state index contributed by atoms with van der Waals surface area (Å²) < 4.78 is 27.5. The van der Waals surface area contributed by atoms with Crippen molar-refractivity contribution in [3.05, 3.63) is 60.2 Å². The third-order valence-electron chi connectivity index (χ3n) is 5.72. The zero-order valence-electron chi connectivity index (χ0n) is 16.2. The molecule has 2 saturated heterocycles. The van der Waals surface area contributed by atoms with Crippen LogP contribution in [0.2, 0.25) is 0 Å². The van der Waals surface area contributed by atoms with E-state index in [0.29, 0.717) is 24.7 Å². The first-order valence-corrected chi connectivity index (χ1v) is 11.4. The number of carbonyl (C=O) groups excluding carboxylic acids is 2. The van der Waals surface area contributed by atoms with Gasteiger partial charge in [0.1, 0.15) is 0 Å². The van der Waals surface area contributed by atoms with Crippen molar-refractivity contribution in [2.45, 2.75) is 37.0 Å². The highest BCUT2D eigenvalue weighted by Crippen LogP contribution is 2.28. The van der Waals surface area contributed by atoms with E-state index in [-0.39, 0.29) is 29.6 Å². The number of nitrogens with zero attached hydrogens (tertiary/aromatic N) is 2. The van der Waals surface area contributed by atoms with E-state index in [4.69, 9.17) is 0 Å². The van der Waals surface area contributed by atoms with Gasteiger partial charge in [-0.15, -0.1) is 0 Å². The maximum atomic E-state index is 13.0. The lowest BCUT2D eigenvalue weighted by Gasteiger charge is -2.31. The number of hydrogen-bond donors (Lipinski definition) is 0. The van der Waals surface area contributed by atoms with Gasteiger partial charge in [-0.05, 0) is 55.0 Å². The molecule has 2 amide bonds. The standard InChI is InChI=1S/C22H24N2O4S/c25-21-10-11-22(26)24(21)19-6-8-20(9-7-19)29(27,28)23-14-12-18(13-15-23)16-17-4-2-1-3-5-17/h1-9,18H,10-16H2. The van der Waals surface area contributed by atoms with Crippen molar-refractivity contribution in [1.82, 2.24) is 4.31 Å². The van der Waals surface area contributed by atoms with Gasteiger partial charge in [0.25, 0.3) is 0 Å². The predicted molar refractivity (Wildman–Crippen MR) is 110 cm³/mol. The van der Waals surface area contributed by atoms with Gasteiger partial charge in [0.15, 0.2) is 0 Å². The molecule has 0 radical (unpaired) electrons. The van der Waals surface area contributed by atoms with E-state index >= 15 is 0 Å². The summed E-state index contributed by atoms with van der Waals surface area (Å²) in [5.41, 5.74) is 1.72. The summed E-state index contributed by atoms with van der Waals surface area (Å²) in [6, 6.07) is 16.3. The Morgan fingerprint density at radius 3 is 2.00 bits per heavy atom. The highest BCUT2D eigenvalue weighted by Gasteiger charge is 2.32. The monoisotopic (exact) mass is 412 g/mol. The topological polar surface area (TPSA) is 74.8 Å². The zero-order valence-corrected chi connectivity index (χ0v) is 17.0. The average molecular weight is 413 g/mol. The number of carbonyl (C=O) groups is 2. The van der Waals surface area contributed by atoms with Crippen LogP contribution < -0.4 is 4.90 Å². The van der Waals surface area contributed by atoms with Crippen LogP contribution in [0.25, 0.3) is 0 Å². The summed E-state index contributed by atoms with van der Waals surface area (Å²) in [7, 11) is -3.58. The zero-order chi connectivity index (χ0) is 20.4. The molecule has 0 unspecified atom stereocenters. The molecule has 2 heterocycles. The Morgan fingerprint density at radius 2 is 1.41 bits per heavy atom. The van der Waals surface area contributed by atoms with Crippen LogP contribution in [0.3, 0.4) is 0 Å². The molecule has 6 nitrogen and oxygen atoms in total. The largest absolute Gasteiger partial charge is 0.274 e. The first-order valence-electron chi connectivity index (χ1n) is 9.95. The Morgan fingerprint density at radius 1 is 0.828 bits per heavy atom. The summed E-state index contributed by atoms with van der Waals surface area (Å²) in [6.07, 6.45) is 3.06. The Balaban J connectivity index is 1.41. The molecule has 0 N–H and O–H groups in total. The minimum absolute atomic E-state index is 0.196. The fourth-order valence-electron chi connectivity index (χ4n) is 4.08. The number of sulfonamides is 1. The molecule has 0 atom stereocenters. The van der Waals surface area contributed by atoms with Gasteiger partial charge in [0.2, 0.25) is 21.8 Å². The maximum Gasteiger partial charge on any atom is 0.243 e. The molecule has 2 aromatic carbocycles. The first kappa shape index (κ1) is 19.8. The molecule has 29 heavy (non-hydrogen) atoms. The van der Waals surface area contributed by atoms with Gasteiger partial charge in [-0.2, -0.15) is 4.31 Å². The number of hydrogen-bond acceptors (Lipinski definition) is 4. The second-order valence-corrected chi connectivity index (χ2v) is 9.59. The number of amides is 2. The molecule has 0 saturated carbocycles. The minimum atomic E-state index is -3.58. The Hall–Kier alpha value is -2.51. The van der Waals surface area contributed by atoms with Gasteiger partial charge in [0, 0.05) is 25.9 Å². The molecule has 2 aliphatic heterocycles. The van der Waals surface area contributed by atoms with E-state index in [9.17, 15) is 18.0 Å². The molecule has 2 aliphatic rings. The highest BCUT2D eigenvalue weighted by molar-refractivity contribution is 7.89. The number of imide groups is 1. The molecule has 2 aromatic rings. The van der Waals surface area contributed by atoms with Gasteiger partial charge in [-0.1, -0.05) is 30.3 Å². The van der Waals surface area contributed by atoms with Crippen LogP contribution in [-0.2, 0) is 26.0 Å². The van der Waals surface area contributed by atoms with Gasteiger partial charge in [-0.25, -0.2) is 8.42 Å². The van der Waals surface area contributed by atoms with Crippen LogP contribution >= 0.6 is 0 Å². The van der Waals surface area contributed by atoms with Crippen molar-refractivity contribution < 1.29 is 18.0 Å². The third-order valence-corrected chi connectivity index (χ3v) is 7.64. The maximum absolute atomic E-state index is 13.0. The van der Waals surface area contributed by atoms with Crippen molar-refractivity contribution in [2.75, 3.05) is 18.0 Å². The molecule has 0 spiro atoms. The van der Waals surface area contributed by atoms with Crippen LogP contribution in [0.4, 0.5) is 5.69 Å². The molecule has 4 rings (SSSR count). The van der Waals surface area contributed by atoms with Crippen molar-refractivity contribution in [1.29, 1.82) is 0 Å². The number of anilines is 1. The molecule has 0 aliphatic carbocycles. The number of rotatable bonds is 5. The Labute approximate surface area is 171 Å². The summed E-state index contributed by atoms with van der Waals surface area (Å²) >= 11 is 0. The fraction of sp³-hybridized carbons (Fsp3) is 0.364.